The molecule has 4 nitrogen and oxygen atoms in total. The molecule has 0 bridgehead atoms. The summed E-state index contributed by atoms with van der Waals surface area (Å²) in [4.78, 5) is 0. The van der Waals surface area contributed by atoms with E-state index in [1.165, 1.54) is 0 Å². The molecule has 1 saturated carbocycles. The van der Waals surface area contributed by atoms with E-state index in [9.17, 15) is 10.2 Å². The lowest BCUT2D eigenvalue weighted by atomic mass is 9.73. The molecule has 1 aromatic heterocycles. The van der Waals surface area contributed by atoms with Crippen molar-refractivity contribution in [2.24, 2.45) is 12.5 Å². The summed E-state index contributed by atoms with van der Waals surface area (Å²) >= 11 is 0. The van der Waals surface area contributed by atoms with Crippen LogP contribution < -0.4 is 4.74 Å². The van der Waals surface area contributed by atoms with Crippen LogP contribution in [-0.4, -0.2) is 21.9 Å². The van der Waals surface area contributed by atoms with Gasteiger partial charge in [0.15, 0.2) is 5.60 Å². The highest BCUT2D eigenvalue weighted by atomic mass is 16.5. The van der Waals surface area contributed by atoms with Crippen molar-refractivity contribution < 1.29 is 14.9 Å². The summed E-state index contributed by atoms with van der Waals surface area (Å²) in [5, 5.41) is 24.9. The predicted octanol–water partition coefficient (Wildman–Crippen LogP) is 4.94. The first-order valence-electron chi connectivity index (χ1n) is 11.2. The molecule has 2 atom stereocenters. The van der Waals surface area contributed by atoms with Crippen molar-refractivity contribution in [3.8, 4) is 17.6 Å². The summed E-state index contributed by atoms with van der Waals surface area (Å²) in [6.45, 7) is 0. The quantitative estimate of drug-likeness (QED) is 0.435. The van der Waals surface area contributed by atoms with Gasteiger partial charge in [0.2, 0.25) is 0 Å². The number of rotatable bonds is 5. The van der Waals surface area contributed by atoms with Crippen LogP contribution in [0, 0.1) is 17.3 Å². The third-order valence-corrected chi connectivity index (χ3v) is 6.91. The summed E-state index contributed by atoms with van der Waals surface area (Å²) in [5.74, 6) is 7.06. The smallest absolute Gasteiger partial charge is 0.159 e. The van der Waals surface area contributed by atoms with Crippen LogP contribution in [0.4, 0.5) is 0 Å². The number of aromatic nitrogens is 1. The molecule has 0 saturated heterocycles. The van der Waals surface area contributed by atoms with Crippen LogP contribution in [0.5, 0.6) is 5.75 Å². The Morgan fingerprint density at radius 3 is 2.30 bits per heavy atom. The van der Waals surface area contributed by atoms with Gasteiger partial charge >= 0.3 is 0 Å². The highest BCUT2D eigenvalue weighted by Crippen LogP contribution is 2.65. The van der Waals surface area contributed by atoms with Crippen LogP contribution in [0.1, 0.15) is 35.6 Å². The third-order valence-electron chi connectivity index (χ3n) is 6.91. The topological polar surface area (TPSA) is 54.6 Å². The van der Waals surface area contributed by atoms with Crippen molar-refractivity contribution in [3.63, 3.8) is 0 Å². The minimum Gasteiger partial charge on any atom is -0.497 e. The summed E-state index contributed by atoms with van der Waals surface area (Å²) in [6, 6.07) is 25.0. The van der Waals surface area contributed by atoms with Gasteiger partial charge in [-0.25, -0.2) is 0 Å². The molecule has 1 fully saturated rings. The van der Waals surface area contributed by atoms with Gasteiger partial charge < -0.3 is 19.5 Å². The molecule has 4 aromatic rings. The van der Waals surface area contributed by atoms with E-state index in [1.54, 1.807) is 7.11 Å². The van der Waals surface area contributed by atoms with Crippen molar-refractivity contribution >= 4 is 10.9 Å². The summed E-state index contributed by atoms with van der Waals surface area (Å²) in [5.41, 5.74) is 0.979. The van der Waals surface area contributed by atoms with Crippen LogP contribution in [0.25, 0.3) is 10.9 Å². The monoisotopic (exact) mass is 437 g/mol. The van der Waals surface area contributed by atoms with E-state index in [0.717, 1.165) is 27.8 Å². The van der Waals surface area contributed by atoms with Crippen LogP contribution in [-0.2, 0) is 12.6 Å². The molecular formula is C29H27NO3. The zero-order valence-corrected chi connectivity index (χ0v) is 18.8. The number of aryl methyl sites for hydroxylation is 1. The fourth-order valence-corrected chi connectivity index (χ4v) is 4.86. The van der Waals surface area contributed by atoms with E-state index in [2.05, 4.69) is 11.8 Å². The Hall–Kier alpha value is -3.52. The van der Waals surface area contributed by atoms with Gasteiger partial charge in [0.05, 0.1) is 13.2 Å². The van der Waals surface area contributed by atoms with Gasteiger partial charge in [-0.1, -0.05) is 60.4 Å². The largest absolute Gasteiger partial charge is 0.497 e. The summed E-state index contributed by atoms with van der Waals surface area (Å²) in [6.07, 6.45) is 2.39. The first-order chi connectivity index (χ1) is 16.0. The zero-order chi connectivity index (χ0) is 23.1. The Labute approximate surface area is 194 Å². The van der Waals surface area contributed by atoms with Crippen molar-refractivity contribution in [3.05, 3.63) is 102 Å². The van der Waals surface area contributed by atoms with Crippen molar-refractivity contribution in [1.82, 2.24) is 4.57 Å². The molecule has 1 aliphatic carbocycles. The predicted molar refractivity (Wildman–Crippen MR) is 130 cm³/mol. The van der Waals surface area contributed by atoms with Crippen LogP contribution in [0.3, 0.4) is 0 Å². The molecule has 5 rings (SSSR count). The fourth-order valence-electron chi connectivity index (χ4n) is 4.86. The number of ether oxygens (including phenoxy) is 1. The second-order valence-corrected chi connectivity index (χ2v) is 8.83. The SMILES string of the molecule is COc1ccc2c(c1)c(C(O)C1(C(O)(C#Cc3ccccc3)c3ccccc3)CC1)cn2C. The molecule has 0 radical (unpaired) electrons. The van der Waals surface area contributed by atoms with Crippen LogP contribution in [0.15, 0.2) is 85.1 Å². The lowest BCUT2D eigenvalue weighted by Crippen LogP contribution is -2.39. The van der Waals surface area contributed by atoms with Gasteiger partial charge in [0, 0.05) is 40.7 Å². The fraction of sp³-hybridized carbons (Fsp3) is 0.241. The number of benzene rings is 3. The number of aliphatic hydroxyl groups is 2. The standard InChI is InChI=1S/C29H27NO3/c1-30-20-25(24-19-23(33-2)13-14-26(24)30)27(31)28(17-18-28)29(32,22-11-7-4-8-12-22)16-15-21-9-5-3-6-10-21/h3-14,19-20,27,31-32H,17-18H2,1-2H3. The van der Waals surface area contributed by atoms with Crippen molar-refractivity contribution in [2.75, 3.05) is 7.11 Å². The van der Waals surface area contributed by atoms with Crippen LogP contribution in [0.2, 0.25) is 0 Å². The second-order valence-electron chi connectivity index (χ2n) is 8.83. The molecule has 33 heavy (non-hydrogen) atoms. The van der Waals surface area contributed by atoms with Crippen molar-refractivity contribution in [2.45, 2.75) is 24.5 Å². The zero-order valence-electron chi connectivity index (χ0n) is 18.8. The summed E-state index contributed by atoms with van der Waals surface area (Å²) < 4.78 is 7.43. The molecule has 0 aliphatic heterocycles. The number of hydrogen-bond donors (Lipinski definition) is 2. The number of hydrogen-bond acceptors (Lipinski definition) is 3. The maximum Gasteiger partial charge on any atom is 0.159 e. The van der Waals surface area contributed by atoms with E-state index in [-0.39, 0.29) is 0 Å². The normalized spacial score (nSPS) is 17.0. The first kappa shape index (κ1) is 21.3. The molecule has 0 amide bonds. The van der Waals surface area contributed by atoms with E-state index >= 15 is 0 Å². The lowest BCUT2D eigenvalue weighted by Gasteiger charge is -2.36. The number of methoxy groups -OCH3 is 1. The van der Waals surface area contributed by atoms with Gasteiger partial charge in [-0.3, -0.25) is 0 Å². The van der Waals surface area contributed by atoms with Gasteiger partial charge in [0.25, 0.3) is 0 Å². The highest BCUT2D eigenvalue weighted by molar-refractivity contribution is 5.86. The van der Waals surface area contributed by atoms with Gasteiger partial charge in [-0.15, -0.1) is 0 Å². The molecule has 2 N–H and O–H groups in total. The molecule has 1 heterocycles. The second kappa shape index (κ2) is 8.12. The third kappa shape index (κ3) is 3.51. The highest BCUT2D eigenvalue weighted by Gasteiger charge is 2.64. The summed E-state index contributed by atoms with van der Waals surface area (Å²) in [7, 11) is 3.60. The average molecular weight is 438 g/mol. The van der Waals surface area contributed by atoms with Crippen molar-refractivity contribution in [1.29, 1.82) is 0 Å². The molecule has 4 heteroatoms. The van der Waals surface area contributed by atoms with Gasteiger partial charge in [-0.05, 0) is 48.7 Å². The Morgan fingerprint density at radius 2 is 1.67 bits per heavy atom. The Bertz CT molecular complexity index is 1340. The van der Waals surface area contributed by atoms with Gasteiger partial charge in [0.1, 0.15) is 5.75 Å². The van der Waals surface area contributed by atoms with Crippen LogP contribution >= 0.6 is 0 Å². The van der Waals surface area contributed by atoms with E-state index in [0.29, 0.717) is 18.4 Å². The molecule has 0 spiro atoms. The molecule has 1 aliphatic rings. The Kier molecular flexibility index (Phi) is 5.25. The minimum absolute atomic E-state index is 0.670. The number of aliphatic hydroxyl groups excluding tert-OH is 1. The van der Waals surface area contributed by atoms with Gasteiger partial charge in [-0.2, -0.15) is 0 Å². The molecule has 3 aromatic carbocycles. The van der Waals surface area contributed by atoms with E-state index < -0.39 is 17.1 Å². The number of nitrogens with zero attached hydrogens (tertiary/aromatic N) is 1. The maximum absolute atomic E-state index is 12.2. The maximum atomic E-state index is 12.2. The molecule has 2 unspecified atom stereocenters. The lowest BCUT2D eigenvalue weighted by molar-refractivity contribution is -0.0555. The number of fused-ring (bicyclic) bond motifs is 1. The minimum atomic E-state index is -1.51. The Morgan fingerprint density at radius 1 is 1.00 bits per heavy atom. The first-order valence-corrected chi connectivity index (χ1v) is 11.2. The van der Waals surface area contributed by atoms with E-state index in [1.807, 2.05) is 96.7 Å². The molecular weight excluding hydrogens is 410 g/mol. The van der Waals surface area contributed by atoms with E-state index in [4.69, 9.17) is 4.74 Å². The molecule has 166 valence electrons. The average Bonchev–Trinajstić information content (AvgIpc) is 3.62. The Balaban J connectivity index is 1.65.